The number of hydrogen-bond donors (Lipinski definition) is 3. The van der Waals surface area contributed by atoms with Crippen molar-refractivity contribution in [1.29, 1.82) is 0 Å². The van der Waals surface area contributed by atoms with E-state index in [-0.39, 0.29) is 13.2 Å². The molecule has 132 valence electrons. The topological polar surface area (TPSA) is 100 Å². The van der Waals surface area contributed by atoms with E-state index in [1.807, 2.05) is 29.2 Å². The lowest BCUT2D eigenvalue weighted by Gasteiger charge is -2.35. The zero-order chi connectivity index (χ0) is 17.2. The van der Waals surface area contributed by atoms with Crippen LogP contribution in [0.2, 0.25) is 0 Å². The average Bonchev–Trinajstić information content (AvgIpc) is 2.96. The minimum absolute atomic E-state index is 0.170. The summed E-state index contributed by atoms with van der Waals surface area (Å²) < 4.78 is 16.5. The van der Waals surface area contributed by atoms with Gasteiger partial charge in [0.05, 0.1) is 32.9 Å². The van der Waals surface area contributed by atoms with Crippen LogP contribution in [-0.4, -0.2) is 65.9 Å². The smallest absolute Gasteiger partial charge is 0.260 e. The van der Waals surface area contributed by atoms with Crippen LogP contribution in [-0.2, 0) is 20.8 Å². The van der Waals surface area contributed by atoms with Crippen LogP contribution in [0.5, 0.6) is 5.75 Å². The normalized spacial score (nSPS) is 30.5. The average molecular weight is 338 g/mol. The van der Waals surface area contributed by atoms with Gasteiger partial charge in [-0.2, -0.15) is 0 Å². The molecule has 2 heterocycles. The Labute approximate surface area is 139 Å². The van der Waals surface area contributed by atoms with Crippen LogP contribution in [0.15, 0.2) is 24.3 Å². The summed E-state index contributed by atoms with van der Waals surface area (Å²) in [6.07, 6.45) is -0.362. The van der Waals surface area contributed by atoms with Gasteiger partial charge in [0.15, 0.2) is 5.79 Å². The van der Waals surface area contributed by atoms with Gasteiger partial charge in [-0.3, -0.25) is 14.9 Å². The number of benzene rings is 1. The van der Waals surface area contributed by atoms with Gasteiger partial charge in [-0.05, 0) is 17.7 Å². The monoisotopic (exact) mass is 338 g/mol. The second-order valence-electron chi connectivity index (χ2n) is 6.14. The molecule has 1 aromatic carbocycles. The van der Waals surface area contributed by atoms with E-state index in [9.17, 15) is 9.90 Å². The van der Waals surface area contributed by atoms with Crippen molar-refractivity contribution in [2.24, 2.45) is 0 Å². The van der Waals surface area contributed by atoms with Gasteiger partial charge in [-0.1, -0.05) is 12.1 Å². The number of nitrogens with zero attached hydrogens (tertiary/aromatic N) is 1. The van der Waals surface area contributed by atoms with Crippen molar-refractivity contribution in [3.63, 3.8) is 0 Å². The summed E-state index contributed by atoms with van der Waals surface area (Å²) in [5.74, 6) is -0.670. The van der Waals surface area contributed by atoms with Gasteiger partial charge in [-0.15, -0.1) is 0 Å². The number of aliphatic hydroxyl groups is 1. The zero-order valence-corrected chi connectivity index (χ0v) is 13.5. The van der Waals surface area contributed by atoms with Gasteiger partial charge >= 0.3 is 0 Å². The molecule has 0 saturated carbocycles. The Morgan fingerprint density at radius 2 is 2.04 bits per heavy atom. The van der Waals surface area contributed by atoms with E-state index in [4.69, 9.17) is 19.4 Å². The summed E-state index contributed by atoms with van der Waals surface area (Å²) in [6.45, 7) is 1.22. The number of likely N-dealkylation sites (tertiary alicyclic amines) is 1. The van der Waals surface area contributed by atoms with E-state index in [0.29, 0.717) is 19.5 Å². The number of rotatable bonds is 4. The molecule has 1 aromatic rings. The van der Waals surface area contributed by atoms with Crippen molar-refractivity contribution in [2.45, 2.75) is 30.9 Å². The number of amides is 1. The SMILES string of the molecule is COc1ccc(CN2CC3(C[C@@H]2C(=O)NO)OCC(O)CO3)cc1. The molecule has 0 unspecified atom stereocenters. The molecule has 1 spiro atoms. The van der Waals surface area contributed by atoms with Gasteiger partial charge in [0.1, 0.15) is 11.9 Å². The van der Waals surface area contributed by atoms with Crippen LogP contribution >= 0.6 is 0 Å². The molecule has 0 bridgehead atoms. The Morgan fingerprint density at radius 3 is 2.62 bits per heavy atom. The van der Waals surface area contributed by atoms with Crippen molar-refractivity contribution in [3.8, 4) is 5.75 Å². The molecular formula is C16H22N2O6. The van der Waals surface area contributed by atoms with Crippen LogP contribution in [0.4, 0.5) is 0 Å². The maximum atomic E-state index is 12.0. The molecule has 1 atom stereocenters. The van der Waals surface area contributed by atoms with Crippen LogP contribution in [0.25, 0.3) is 0 Å². The van der Waals surface area contributed by atoms with Crippen LogP contribution in [0, 0.1) is 0 Å². The molecule has 24 heavy (non-hydrogen) atoms. The summed E-state index contributed by atoms with van der Waals surface area (Å²) in [4.78, 5) is 13.9. The highest BCUT2D eigenvalue weighted by molar-refractivity contribution is 5.81. The first kappa shape index (κ1) is 17.1. The minimum atomic E-state index is -0.928. The van der Waals surface area contributed by atoms with Gasteiger partial charge in [0.25, 0.3) is 5.91 Å². The summed E-state index contributed by atoms with van der Waals surface area (Å²) in [5, 5.41) is 18.5. The summed E-state index contributed by atoms with van der Waals surface area (Å²) in [7, 11) is 1.60. The Kier molecular flexibility index (Phi) is 5.02. The van der Waals surface area contributed by atoms with E-state index in [1.54, 1.807) is 12.6 Å². The number of carbonyl (C=O) groups excluding carboxylic acids is 1. The maximum absolute atomic E-state index is 12.0. The number of methoxy groups -OCH3 is 1. The first-order valence-electron chi connectivity index (χ1n) is 7.82. The van der Waals surface area contributed by atoms with Crippen molar-refractivity contribution in [3.05, 3.63) is 29.8 Å². The van der Waals surface area contributed by atoms with Crippen LogP contribution < -0.4 is 10.2 Å². The van der Waals surface area contributed by atoms with Gasteiger partial charge in [0, 0.05) is 13.0 Å². The Hall–Kier alpha value is -1.71. The van der Waals surface area contributed by atoms with Crippen molar-refractivity contribution in [1.82, 2.24) is 10.4 Å². The molecule has 3 N–H and O–H groups in total. The van der Waals surface area contributed by atoms with Crippen molar-refractivity contribution < 1.29 is 29.3 Å². The highest BCUT2D eigenvalue weighted by Gasteiger charge is 2.50. The fraction of sp³-hybridized carbons (Fsp3) is 0.562. The largest absolute Gasteiger partial charge is 0.497 e. The van der Waals surface area contributed by atoms with Gasteiger partial charge in [-0.25, -0.2) is 5.48 Å². The molecule has 1 amide bonds. The quantitative estimate of drug-likeness (QED) is 0.520. The molecule has 0 aliphatic carbocycles. The van der Waals surface area contributed by atoms with E-state index >= 15 is 0 Å². The third kappa shape index (κ3) is 3.52. The molecular weight excluding hydrogens is 316 g/mol. The fourth-order valence-corrected chi connectivity index (χ4v) is 3.17. The number of hydroxylamine groups is 1. The summed E-state index contributed by atoms with van der Waals surface area (Å²) in [6, 6.07) is 6.97. The van der Waals surface area contributed by atoms with Crippen molar-refractivity contribution in [2.75, 3.05) is 26.9 Å². The lowest BCUT2D eigenvalue weighted by molar-refractivity contribution is -0.284. The van der Waals surface area contributed by atoms with E-state index in [2.05, 4.69) is 0 Å². The van der Waals surface area contributed by atoms with Crippen molar-refractivity contribution >= 4 is 5.91 Å². The molecule has 8 nitrogen and oxygen atoms in total. The molecule has 2 aliphatic heterocycles. The third-order valence-electron chi connectivity index (χ3n) is 4.42. The first-order valence-corrected chi connectivity index (χ1v) is 7.82. The molecule has 2 fully saturated rings. The highest BCUT2D eigenvalue weighted by Crippen LogP contribution is 2.35. The lowest BCUT2D eigenvalue weighted by atomic mass is 10.1. The van der Waals surface area contributed by atoms with Crippen LogP contribution in [0.3, 0.4) is 0 Å². The molecule has 2 saturated heterocycles. The Bertz CT molecular complexity index is 570. The van der Waals surface area contributed by atoms with E-state index in [1.165, 1.54) is 0 Å². The first-order chi connectivity index (χ1) is 11.5. The highest BCUT2D eigenvalue weighted by atomic mass is 16.7. The number of carbonyl (C=O) groups is 1. The minimum Gasteiger partial charge on any atom is -0.497 e. The lowest BCUT2D eigenvalue weighted by Crippen LogP contribution is -2.48. The summed E-state index contributed by atoms with van der Waals surface area (Å²) in [5.41, 5.74) is 2.71. The maximum Gasteiger partial charge on any atom is 0.260 e. The molecule has 8 heteroatoms. The standard InChI is InChI=1S/C16H22N2O6/c1-22-13-4-2-11(3-5-13)7-18-10-16(6-14(18)15(20)17-21)23-8-12(19)9-24-16/h2-5,12,14,19,21H,6-10H2,1H3,(H,17,20)/t12?,14-,16?/m1/s1. The second kappa shape index (κ2) is 7.04. The van der Waals surface area contributed by atoms with Gasteiger partial charge < -0.3 is 19.3 Å². The molecule has 0 aromatic heterocycles. The predicted octanol–water partition coefficient (Wildman–Crippen LogP) is -0.121. The second-order valence-corrected chi connectivity index (χ2v) is 6.14. The molecule has 2 aliphatic rings. The van der Waals surface area contributed by atoms with E-state index in [0.717, 1.165) is 11.3 Å². The molecule has 0 radical (unpaired) electrons. The van der Waals surface area contributed by atoms with Gasteiger partial charge in [0.2, 0.25) is 0 Å². The van der Waals surface area contributed by atoms with Crippen LogP contribution in [0.1, 0.15) is 12.0 Å². The number of hydrogen-bond acceptors (Lipinski definition) is 7. The fourth-order valence-electron chi connectivity index (χ4n) is 3.17. The Balaban J connectivity index is 1.74. The zero-order valence-electron chi connectivity index (χ0n) is 13.5. The van der Waals surface area contributed by atoms with E-state index < -0.39 is 23.8 Å². The number of ether oxygens (including phenoxy) is 3. The predicted molar refractivity (Wildman–Crippen MR) is 82.4 cm³/mol. The number of aliphatic hydroxyl groups excluding tert-OH is 1. The molecule has 3 rings (SSSR count). The third-order valence-corrected chi connectivity index (χ3v) is 4.42. The number of nitrogens with one attached hydrogen (secondary N) is 1. The Morgan fingerprint density at radius 1 is 1.38 bits per heavy atom. The summed E-state index contributed by atoms with van der Waals surface area (Å²) >= 11 is 0.